The monoisotopic (exact) mass is 386 g/mol. The Kier molecular flexibility index (Phi) is 5.58. The van der Waals surface area contributed by atoms with E-state index in [1.165, 1.54) is 24.5 Å². The highest BCUT2D eigenvalue weighted by molar-refractivity contribution is 6.02. The fraction of sp³-hybridized carbons (Fsp3) is 0.150. The summed E-state index contributed by atoms with van der Waals surface area (Å²) in [5, 5.41) is 2.40. The van der Waals surface area contributed by atoms with Crippen molar-refractivity contribution < 1.29 is 18.0 Å². The second-order valence-corrected chi connectivity index (χ2v) is 6.13. The third-order valence-electron chi connectivity index (χ3n) is 3.97. The SMILES string of the molecule is CN(Cc1ccccc1)c1cnc(C(=O)Nc2cccc(C(F)(F)F)c2)cn1. The number of benzene rings is 2. The minimum absolute atomic E-state index is 0.00859. The molecule has 8 heteroatoms. The first-order valence-electron chi connectivity index (χ1n) is 8.38. The second kappa shape index (κ2) is 8.08. The molecule has 0 aliphatic heterocycles. The van der Waals surface area contributed by atoms with E-state index in [2.05, 4.69) is 15.3 Å². The van der Waals surface area contributed by atoms with E-state index in [0.29, 0.717) is 12.4 Å². The molecular weight excluding hydrogens is 369 g/mol. The van der Waals surface area contributed by atoms with Gasteiger partial charge < -0.3 is 10.2 Å². The van der Waals surface area contributed by atoms with Crippen molar-refractivity contribution in [2.75, 3.05) is 17.3 Å². The summed E-state index contributed by atoms with van der Waals surface area (Å²) in [7, 11) is 1.85. The Morgan fingerprint density at radius 3 is 2.43 bits per heavy atom. The van der Waals surface area contributed by atoms with E-state index in [9.17, 15) is 18.0 Å². The van der Waals surface area contributed by atoms with Crippen LogP contribution in [0.3, 0.4) is 0 Å². The minimum Gasteiger partial charge on any atom is -0.354 e. The normalized spacial score (nSPS) is 11.1. The van der Waals surface area contributed by atoms with Gasteiger partial charge in [0.15, 0.2) is 0 Å². The Bertz CT molecular complexity index is 944. The summed E-state index contributed by atoms with van der Waals surface area (Å²) in [6.07, 6.45) is -1.74. The number of aromatic nitrogens is 2. The molecule has 0 bridgehead atoms. The highest BCUT2D eigenvalue weighted by atomic mass is 19.4. The first kappa shape index (κ1) is 19.3. The van der Waals surface area contributed by atoms with Crippen LogP contribution in [0.1, 0.15) is 21.6 Å². The van der Waals surface area contributed by atoms with Crippen molar-refractivity contribution in [3.8, 4) is 0 Å². The molecule has 3 aromatic rings. The highest BCUT2D eigenvalue weighted by Gasteiger charge is 2.30. The number of nitrogens with one attached hydrogen (secondary N) is 1. The number of alkyl halides is 3. The average molecular weight is 386 g/mol. The summed E-state index contributed by atoms with van der Waals surface area (Å²) in [6.45, 7) is 0.616. The van der Waals surface area contributed by atoms with E-state index in [1.807, 2.05) is 42.3 Å². The number of amides is 1. The second-order valence-electron chi connectivity index (χ2n) is 6.13. The summed E-state index contributed by atoms with van der Waals surface area (Å²) >= 11 is 0. The van der Waals surface area contributed by atoms with Gasteiger partial charge in [-0.05, 0) is 23.8 Å². The smallest absolute Gasteiger partial charge is 0.354 e. The molecule has 0 spiro atoms. The Balaban J connectivity index is 1.67. The topological polar surface area (TPSA) is 58.1 Å². The van der Waals surface area contributed by atoms with E-state index in [-0.39, 0.29) is 11.4 Å². The van der Waals surface area contributed by atoms with Gasteiger partial charge in [-0.3, -0.25) is 4.79 Å². The molecule has 5 nitrogen and oxygen atoms in total. The van der Waals surface area contributed by atoms with Gasteiger partial charge >= 0.3 is 6.18 Å². The fourth-order valence-electron chi connectivity index (χ4n) is 2.54. The van der Waals surface area contributed by atoms with Gasteiger partial charge in [0, 0.05) is 19.3 Å². The van der Waals surface area contributed by atoms with Crippen molar-refractivity contribution in [1.82, 2.24) is 9.97 Å². The zero-order valence-corrected chi connectivity index (χ0v) is 14.9. The maximum absolute atomic E-state index is 12.8. The molecule has 2 aromatic carbocycles. The van der Waals surface area contributed by atoms with Crippen LogP contribution in [0.4, 0.5) is 24.7 Å². The highest BCUT2D eigenvalue weighted by Crippen LogP contribution is 2.30. The van der Waals surface area contributed by atoms with Crippen LogP contribution in [-0.4, -0.2) is 22.9 Å². The van der Waals surface area contributed by atoms with Crippen LogP contribution in [0, 0.1) is 0 Å². The zero-order valence-electron chi connectivity index (χ0n) is 14.9. The van der Waals surface area contributed by atoms with Gasteiger partial charge in [0.25, 0.3) is 5.91 Å². The summed E-state index contributed by atoms with van der Waals surface area (Å²) in [5.74, 6) is -0.0661. The first-order chi connectivity index (χ1) is 13.3. The van der Waals surface area contributed by atoms with Gasteiger partial charge in [-0.1, -0.05) is 36.4 Å². The Labute approximate surface area is 159 Å². The fourth-order valence-corrected chi connectivity index (χ4v) is 2.54. The molecule has 0 unspecified atom stereocenters. The van der Waals surface area contributed by atoms with Gasteiger partial charge in [0.05, 0.1) is 18.0 Å². The van der Waals surface area contributed by atoms with Crippen LogP contribution in [0.2, 0.25) is 0 Å². The largest absolute Gasteiger partial charge is 0.416 e. The molecule has 0 atom stereocenters. The lowest BCUT2D eigenvalue weighted by molar-refractivity contribution is -0.137. The summed E-state index contributed by atoms with van der Waals surface area (Å²) in [5.41, 5.74) is 0.300. The third kappa shape index (κ3) is 4.85. The van der Waals surface area contributed by atoms with Crippen molar-refractivity contribution in [2.45, 2.75) is 12.7 Å². The Morgan fingerprint density at radius 1 is 1.04 bits per heavy atom. The Hall–Kier alpha value is -3.42. The number of halogens is 3. The average Bonchev–Trinajstić information content (AvgIpc) is 2.68. The summed E-state index contributed by atoms with van der Waals surface area (Å²) in [4.78, 5) is 22.4. The van der Waals surface area contributed by atoms with Gasteiger partial charge in [-0.25, -0.2) is 9.97 Å². The summed E-state index contributed by atoms with van der Waals surface area (Å²) in [6, 6.07) is 14.2. The number of rotatable bonds is 5. The molecule has 1 heterocycles. The van der Waals surface area contributed by atoms with Gasteiger partial charge in [-0.15, -0.1) is 0 Å². The van der Waals surface area contributed by atoms with Crippen molar-refractivity contribution in [3.63, 3.8) is 0 Å². The van der Waals surface area contributed by atoms with Gasteiger partial charge in [0.1, 0.15) is 11.5 Å². The van der Waals surface area contributed by atoms with Crippen molar-refractivity contribution >= 4 is 17.4 Å². The number of carbonyl (C=O) groups is 1. The molecule has 0 saturated carbocycles. The molecule has 0 radical (unpaired) electrons. The van der Waals surface area contributed by atoms with E-state index in [4.69, 9.17) is 0 Å². The zero-order chi connectivity index (χ0) is 20.1. The molecule has 0 aliphatic carbocycles. The molecule has 1 N–H and O–H groups in total. The first-order valence-corrected chi connectivity index (χ1v) is 8.38. The van der Waals surface area contributed by atoms with Crippen molar-refractivity contribution in [2.24, 2.45) is 0 Å². The molecule has 3 rings (SSSR count). The van der Waals surface area contributed by atoms with E-state index in [1.54, 1.807) is 0 Å². The lowest BCUT2D eigenvalue weighted by atomic mass is 10.2. The summed E-state index contributed by atoms with van der Waals surface area (Å²) < 4.78 is 38.3. The molecule has 1 aromatic heterocycles. The molecule has 144 valence electrons. The predicted octanol–water partition coefficient (Wildman–Crippen LogP) is 4.38. The van der Waals surface area contributed by atoms with E-state index in [0.717, 1.165) is 17.7 Å². The van der Waals surface area contributed by atoms with E-state index < -0.39 is 17.6 Å². The molecule has 0 aliphatic rings. The minimum atomic E-state index is -4.48. The lowest BCUT2D eigenvalue weighted by Gasteiger charge is -2.17. The maximum Gasteiger partial charge on any atom is 0.416 e. The van der Waals surface area contributed by atoms with Crippen LogP contribution in [0.5, 0.6) is 0 Å². The predicted molar refractivity (Wildman–Crippen MR) is 100.0 cm³/mol. The number of hydrogen-bond donors (Lipinski definition) is 1. The molecule has 1 amide bonds. The Morgan fingerprint density at radius 2 is 1.79 bits per heavy atom. The number of nitrogens with zero attached hydrogens (tertiary/aromatic N) is 3. The molecule has 28 heavy (non-hydrogen) atoms. The van der Waals surface area contributed by atoms with Gasteiger partial charge in [-0.2, -0.15) is 13.2 Å². The van der Waals surface area contributed by atoms with Crippen LogP contribution in [0.15, 0.2) is 67.0 Å². The maximum atomic E-state index is 12.8. The van der Waals surface area contributed by atoms with Crippen LogP contribution >= 0.6 is 0 Å². The molecular formula is C20H17F3N4O. The lowest BCUT2D eigenvalue weighted by Crippen LogP contribution is -2.19. The van der Waals surface area contributed by atoms with Gasteiger partial charge in [0.2, 0.25) is 0 Å². The van der Waals surface area contributed by atoms with Crippen molar-refractivity contribution in [1.29, 1.82) is 0 Å². The number of anilines is 2. The molecule has 0 fully saturated rings. The molecule has 0 saturated heterocycles. The standard InChI is InChI=1S/C20H17F3N4O/c1-27(13-14-6-3-2-4-7-14)18-12-24-17(11-25-18)19(28)26-16-9-5-8-15(10-16)20(21,22)23/h2-12H,13H2,1H3,(H,26,28). The number of carbonyl (C=O) groups excluding carboxylic acids is 1. The third-order valence-corrected chi connectivity index (χ3v) is 3.97. The quantitative estimate of drug-likeness (QED) is 0.707. The van der Waals surface area contributed by atoms with Crippen LogP contribution in [0.25, 0.3) is 0 Å². The van der Waals surface area contributed by atoms with Crippen LogP contribution < -0.4 is 10.2 Å². The van der Waals surface area contributed by atoms with Crippen molar-refractivity contribution in [3.05, 3.63) is 83.8 Å². The number of hydrogen-bond acceptors (Lipinski definition) is 4. The van der Waals surface area contributed by atoms with Crippen LogP contribution in [-0.2, 0) is 12.7 Å². The van der Waals surface area contributed by atoms with E-state index >= 15 is 0 Å².